The molecule has 33 heavy (non-hydrogen) atoms. The number of rotatable bonds is 7. The maximum Gasteiger partial charge on any atom is 0.246 e. The Bertz CT molecular complexity index is 1220. The number of nitrogens with one attached hydrogen (secondary N) is 1. The Morgan fingerprint density at radius 2 is 1.76 bits per heavy atom. The van der Waals surface area contributed by atoms with Crippen molar-refractivity contribution in [3.05, 3.63) is 71.9 Å². The molecule has 0 radical (unpaired) electrons. The van der Waals surface area contributed by atoms with Gasteiger partial charge in [0.1, 0.15) is 16.7 Å². The molecule has 4 rings (SSSR count). The summed E-state index contributed by atoms with van der Waals surface area (Å²) in [5.74, 6) is 0.206. The number of piperidine rings is 1. The fourth-order valence-electron chi connectivity index (χ4n) is 3.52. The van der Waals surface area contributed by atoms with Crippen molar-refractivity contribution < 1.29 is 17.9 Å². The molecule has 3 aromatic rings. The summed E-state index contributed by atoms with van der Waals surface area (Å²) in [6.07, 6.45) is 7.12. The van der Waals surface area contributed by atoms with Gasteiger partial charge < -0.3 is 10.1 Å². The van der Waals surface area contributed by atoms with Crippen LogP contribution in [0.1, 0.15) is 18.4 Å². The largest absolute Gasteiger partial charge is 0.485 e. The van der Waals surface area contributed by atoms with Crippen molar-refractivity contribution in [2.75, 3.05) is 18.4 Å². The number of ether oxygens (including phenoxy) is 1. The quantitative estimate of drug-likeness (QED) is 0.509. The fraction of sp³-hybridized carbons (Fsp3) is 0.273. The summed E-state index contributed by atoms with van der Waals surface area (Å²) in [4.78, 5) is 24.9. The monoisotopic (exact) mass is 487 g/mol. The van der Waals surface area contributed by atoms with Gasteiger partial charge in [0.15, 0.2) is 11.6 Å². The minimum atomic E-state index is -3.77. The van der Waals surface area contributed by atoms with Gasteiger partial charge in [-0.25, -0.2) is 18.4 Å². The molecule has 0 bridgehead atoms. The number of amides is 1. The van der Waals surface area contributed by atoms with Crippen LogP contribution in [0.4, 0.5) is 5.82 Å². The van der Waals surface area contributed by atoms with Gasteiger partial charge in [-0.3, -0.25) is 9.78 Å². The van der Waals surface area contributed by atoms with Crippen molar-refractivity contribution in [2.24, 2.45) is 5.92 Å². The van der Waals surface area contributed by atoms with Gasteiger partial charge >= 0.3 is 0 Å². The van der Waals surface area contributed by atoms with Gasteiger partial charge in [0, 0.05) is 43.8 Å². The highest BCUT2D eigenvalue weighted by molar-refractivity contribution is 7.89. The van der Waals surface area contributed by atoms with E-state index >= 15 is 0 Å². The van der Waals surface area contributed by atoms with Crippen molar-refractivity contribution >= 4 is 33.3 Å². The lowest BCUT2D eigenvalue weighted by atomic mass is 9.97. The molecule has 0 aromatic carbocycles. The van der Waals surface area contributed by atoms with Crippen LogP contribution in [0.2, 0.25) is 5.15 Å². The Morgan fingerprint density at radius 1 is 1.06 bits per heavy atom. The molecule has 3 aromatic heterocycles. The SMILES string of the molecule is O=C(Nc1ncccc1OCc1ccncc1)C1CCN(S(=O)(=O)c2cccnc2Cl)CC1. The number of anilines is 1. The van der Waals surface area contributed by atoms with E-state index in [4.69, 9.17) is 16.3 Å². The zero-order chi connectivity index (χ0) is 23.3. The molecule has 0 aliphatic carbocycles. The first kappa shape index (κ1) is 23.1. The Hall–Kier alpha value is -3.08. The summed E-state index contributed by atoms with van der Waals surface area (Å²) < 4.78 is 32.9. The molecule has 11 heteroatoms. The highest BCUT2D eigenvalue weighted by Gasteiger charge is 2.33. The summed E-state index contributed by atoms with van der Waals surface area (Å²) >= 11 is 5.97. The van der Waals surface area contributed by atoms with Crippen LogP contribution in [0.25, 0.3) is 0 Å². The molecule has 0 saturated carbocycles. The van der Waals surface area contributed by atoms with Gasteiger partial charge in [-0.05, 0) is 54.8 Å². The third-order valence-corrected chi connectivity index (χ3v) is 7.67. The average molecular weight is 488 g/mol. The molecule has 0 atom stereocenters. The van der Waals surface area contributed by atoms with E-state index in [-0.39, 0.29) is 35.0 Å². The van der Waals surface area contributed by atoms with Crippen LogP contribution in [0.15, 0.2) is 66.1 Å². The van der Waals surface area contributed by atoms with Crippen molar-refractivity contribution in [1.82, 2.24) is 19.3 Å². The van der Waals surface area contributed by atoms with E-state index < -0.39 is 10.0 Å². The van der Waals surface area contributed by atoms with E-state index in [1.54, 1.807) is 30.7 Å². The summed E-state index contributed by atoms with van der Waals surface area (Å²) in [6.45, 7) is 0.725. The van der Waals surface area contributed by atoms with E-state index in [1.807, 2.05) is 12.1 Å². The van der Waals surface area contributed by atoms with Crippen molar-refractivity contribution in [1.29, 1.82) is 0 Å². The molecule has 9 nitrogen and oxygen atoms in total. The highest BCUT2D eigenvalue weighted by atomic mass is 35.5. The topological polar surface area (TPSA) is 114 Å². The number of nitrogens with zero attached hydrogens (tertiary/aromatic N) is 4. The van der Waals surface area contributed by atoms with Crippen LogP contribution < -0.4 is 10.1 Å². The molecule has 0 spiro atoms. The predicted octanol–water partition coefficient (Wildman–Crippen LogP) is 3.14. The van der Waals surface area contributed by atoms with Gasteiger partial charge in [-0.2, -0.15) is 4.31 Å². The highest BCUT2D eigenvalue weighted by Crippen LogP contribution is 2.28. The summed E-state index contributed by atoms with van der Waals surface area (Å²) in [5, 5.41) is 2.76. The van der Waals surface area contributed by atoms with Crippen LogP contribution in [0.3, 0.4) is 0 Å². The minimum absolute atomic E-state index is 0.0287. The Labute approximate surface area is 196 Å². The smallest absolute Gasteiger partial charge is 0.246 e. The van der Waals surface area contributed by atoms with E-state index in [1.165, 1.54) is 22.6 Å². The minimum Gasteiger partial charge on any atom is -0.485 e. The number of hydrogen-bond acceptors (Lipinski definition) is 7. The lowest BCUT2D eigenvalue weighted by Gasteiger charge is -2.30. The Morgan fingerprint density at radius 3 is 2.48 bits per heavy atom. The second-order valence-corrected chi connectivity index (χ2v) is 9.72. The van der Waals surface area contributed by atoms with Crippen LogP contribution >= 0.6 is 11.6 Å². The van der Waals surface area contributed by atoms with Crippen LogP contribution in [-0.4, -0.2) is 46.7 Å². The molecule has 1 fully saturated rings. The van der Waals surface area contributed by atoms with E-state index in [0.29, 0.717) is 31.0 Å². The summed E-state index contributed by atoms with van der Waals surface area (Å²) in [6, 6.07) is 10.1. The molecular formula is C22H22ClN5O4S. The molecule has 1 saturated heterocycles. The Balaban J connectivity index is 1.37. The molecule has 1 amide bonds. The standard InChI is InChI=1S/C22H22ClN5O4S/c23-20-19(4-2-9-25-20)33(30,31)28-13-7-17(8-14-28)22(29)27-21-18(3-1-10-26-21)32-15-16-5-11-24-12-6-16/h1-6,9-12,17H,7-8,13-15H2,(H,26,27,29). The fourth-order valence-corrected chi connectivity index (χ4v) is 5.42. The summed E-state index contributed by atoms with van der Waals surface area (Å²) in [7, 11) is -3.77. The first-order valence-electron chi connectivity index (χ1n) is 10.3. The number of pyridine rings is 3. The van der Waals surface area contributed by atoms with Crippen LogP contribution in [0.5, 0.6) is 5.75 Å². The van der Waals surface area contributed by atoms with Gasteiger partial charge in [0.25, 0.3) is 0 Å². The number of carbonyl (C=O) groups excluding carboxylic acids is 1. The number of halogens is 1. The maximum absolute atomic E-state index is 12.9. The molecule has 172 valence electrons. The predicted molar refractivity (Wildman–Crippen MR) is 122 cm³/mol. The lowest BCUT2D eigenvalue weighted by Crippen LogP contribution is -2.41. The first-order chi connectivity index (χ1) is 15.9. The number of aromatic nitrogens is 3. The van der Waals surface area contributed by atoms with E-state index in [0.717, 1.165) is 5.56 Å². The zero-order valence-electron chi connectivity index (χ0n) is 17.6. The number of sulfonamides is 1. The average Bonchev–Trinajstić information content (AvgIpc) is 2.84. The third kappa shape index (κ3) is 5.47. The number of carbonyl (C=O) groups is 1. The van der Waals surface area contributed by atoms with Gasteiger partial charge in [-0.15, -0.1) is 0 Å². The third-order valence-electron chi connectivity index (χ3n) is 5.32. The second kappa shape index (κ2) is 10.2. The van der Waals surface area contributed by atoms with Crippen molar-refractivity contribution in [2.45, 2.75) is 24.3 Å². The van der Waals surface area contributed by atoms with Crippen LogP contribution in [0, 0.1) is 5.92 Å². The maximum atomic E-state index is 12.9. The van der Waals surface area contributed by atoms with Gasteiger partial charge in [0.05, 0.1) is 0 Å². The summed E-state index contributed by atoms with van der Waals surface area (Å²) in [5.41, 5.74) is 0.938. The second-order valence-electron chi connectivity index (χ2n) is 7.45. The Kier molecular flexibility index (Phi) is 7.17. The molecule has 1 aliphatic heterocycles. The molecule has 1 N–H and O–H groups in total. The normalized spacial score (nSPS) is 15.2. The zero-order valence-corrected chi connectivity index (χ0v) is 19.2. The lowest BCUT2D eigenvalue weighted by molar-refractivity contribution is -0.120. The van der Waals surface area contributed by atoms with Crippen molar-refractivity contribution in [3.8, 4) is 5.75 Å². The molecule has 1 aliphatic rings. The number of hydrogen-bond donors (Lipinski definition) is 1. The van der Waals surface area contributed by atoms with Gasteiger partial charge in [-0.1, -0.05) is 11.6 Å². The first-order valence-corrected chi connectivity index (χ1v) is 12.1. The van der Waals surface area contributed by atoms with Crippen LogP contribution in [-0.2, 0) is 21.4 Å². The molecule has 4 heterocycles. The van der Waals surface area contributed by atoms with E-state index in [2.05, 4.69) is 20.3 Å². The molecule has 0 unspecified atom stereocenters. The van der Waals surface area contributed by atoms with Gasteiger partial charge in [0.2, 0.25) is 15.9 Å². The van der Waals surface area contributed by atoms with E-state index in [9.17, 15) is 13.2 Å². The molecular weight excluding hydrogens is 466 g/mol. The van der Waals surface area contributed by atoms with Crippen molar-refractivity contribution in [3.63, 3.8) is 0 Å².